The molecular weight excluding hydrogens is 396 g/mol. The molecule has 0 saturated heterocycles. The summed E-state index contributed by atoms with van der Waals surface area (Å²) >= 11 is 0. The average molecular weight is 447 g/mol. The van der Waals surface area contributed by atoms with Crippen LogP contribution in [-0.4, -0.2) is 63.2 Å². The lowest BCUT2D eigenvalue weighted by Crippen LogP contribution is -2.47. The van der Waals surface area contributed by atoms with E-state index in [1.54, 1.807) is 6.26 Å². The second kappa shape index (κ2) is 17.8. The van der Waals surface area contributed by atoms with Crippen LogP contribution in [0.1, 0.15) is 92.4 Å². The van der Waals surface area contributed by atoms with Crippen molar-refractivity contribution in [2.45, 2.75) is 117 Å². The van der Waals surface area contributed by atoms with Crippen molar-refractivity contribution in [2.75, 3.05) is 13.2 Å². The monoisotopic (exact) mass is 446 g/mol. The van der Waals surface area contributed by atoms with Gasteiger partial charge in [-0.1, -0.05) is 72.6 Å². The van der Waals surface area contributed by atoms with Crippen molar-refractivity contribution < 1.29 is 30.3 Å². The highest BCUT2D eigenvalue weighted by Gasteiger charge is 2.30. The lowest BCUT2D eigenvalue weighted by Gasteiger charge is -2.25. The quantitative estimate of drug-likeness (QED) is 0.193. The van der Waals surface area contributed by atoms with Crippen LogP contribution < -0.4 is 0 Å². The Bertz CT molecular complexity index is 453. The molecule has 0 heterocycles. The van der Waals surface area contributed by atoms with Gasteiger partial charge in [-0.05, 0) is 43.1 Å². The summed E-state index contributed by atoms with van der Waals surface area (Å²) in [5.41, 5.74) is 1.06. The fourth-order valence-corrected chi connectivity index (χ4v) is 3.72. The first kappa shape index (κ1) is 30.3. The van der Waals surface area contributed by atoms with Crippen LogP contribution in [0.2, 0.25) is 0 Å². The molecule has 31 heavy (non-hydrogen) atoms. The zero-order chi connectivity index (χ0) is 23.8. The Morgan fingerprint density at radius 2 is 1.23 bits per heavy atom. The molecule has 5 N–H and O–H groups in total. The van der Waals surface area contributed by atoms with E-state index in [9.17, 15) is 20.4 Å². The second-order valence-corrected chi connectivity index (χ2v) is 9.95. The zero-order valence-corrected chi connectivity index (χ0v) is 20.5. The standard InChI is InChI=1S/C25H50O6/c1-18(2)9-6-10-19(3)11-7-12-20(4)13-8-14-21(5)16-31-17-23(28)25(30)24(29)22(27)15-26/h16,18-20,22-30H,6-15,17H2,1-5H3/b21-16+/t19?,20?,22-,23+,24-,25-/m0/s1. The van der Waals surface area contributed by atoms with Gasteiger partial charge in [-0.15, -0.1) is 0 Å². The van der Waals surface area contributed by atoms with Gasteiger partial charge in [0.25, 0.3) is 0 Å². The van der Waals surface area contributed by atoms with Crippen molar-refractivity contribution in [2.24, 2.45) is 17.8 Å². The number of ether oxygens (including phenoxy) is 1. The van der Waals surface area contributed by atoms with E-state index in [1.807, 2.05) is 6.92 Å². The summed E-state index contributed by atoms with van der Waals surface area (Å²) in [5, 5.41) is 47.3. The summed E-state index contributed by atoms with van der Waals surface area (Å²) in [6.45, 7) is 10.4. The third-order valence-electron chi connectivity index (χ3n) is 6.02. The fourth-order valence-electron chi connectivity index (χ4n) is 3.72. The molecule has 0 aliphatic carbocycles. The Kier molecular flexibility index (Phi) is 17.5. The first-order chi connectivity index (χ1) is 14.6. The van der Waals surface area contributed by atoms with Gasteiger partial charge in [-0.2, -0.15) is 0 Å². The van der Waals surface area contributed by atoms with Gasteiger partial charge in [-0.3, -0.25) is 0 Å². The minimum absolute atomic E-state index is 0.195. The molecule has 0 rings (SSSR count). The van der Waals surface area contributed by atoms with Crippen LogP contribution in [0, 0.1) is 17.8 Å². The zero-order valence-electron chi connectivity index (χ0n) is 20.5. The Labute approximate surface area is 190 Å². The third kappa shape index (κ3) is 15.7. The van der Waals surface area contributed by atoms with Crippen molar-refractivity contribution >= 4 is 0 Å². The first-order valence-electron chi connectivity index (χ1n) is 12.2. The highest BCUT2D eigenvalue weighted by atomic mass is 16.5. The maximum atomic E-state index is 9.83. The van der Waals surface area contributed by atoms with Gasteiger partial charge in [-0.25, -0.2) is 0 Å². The van der Waals surface area contributed by atoms with Crippen molar-refractivity contribution in [1.29, 1.82) is 0 Å². The van der Waals surface area contributed by atoms with Crippen molar-refractivity contribution in [3.8, 4) is 0 Å². The molecular formula is C25H50O6. The Balaban J connectivity index is 3.91. The molecule has 6 nitrogen and oxygen atoms in total. The molecule has 186 valence electrons. The van der Waals surface area contributed by atoms with E-state index in [-0.39, 0.29) is 6.61 Å². The Morgan fingerprint density at radius 3 is 1.74 bits per heavy atom. The van der Waals surface area contributed by atoms with Gasteiger partial charge < -0.3 is 30.3 Å². The van der Waals surface area contributed by atoms with Crippen LogP contribution in [-0.2, 0) is 4.74 Å². The van der Waals surface area contributed by atoms with Gasteiger partial charge in [0.15, 0.2) is 0 Å². The van der Waals surface area contributed by atoms with Gasteiger partial charge in [0.1, 0.15) is 31.0 Å². The minimum atomic E-state index is -1.63. The number of hydrogen-bond donors (Lipinski definition) is 5. The largest absolute Gasteiger partial charge is 0.498 e. The Hall–Kier alpha value is -0.660. The molecule has 0 spiro atoms. The van der Waals surface area contributed by atoms with Crippen LogP contribution >= 0.6 is 0 Å². The second-order valence-electron chi connectivity index (χ2n) is 9.95. The van der Waals surface area contributed by atoms with Crippen LogP contribution in [0.5, 0.6) is 0 Å². The van der Waals surface area contributed by atoms with Gasteiger partial charge >= 0.3 is 0 Å². The van der Waals surface area contributed by atoms with E-state index >= 15 is 0 Å². The summed E-state index contributed by atoms with van der Waals surface area (Å²) < 4.78 is 5.31. The molecule has 0 fully saturated rings. The highest BCUT2D eigenvalue weighted by Crippen LogP contribution is 2.22. The highest BCUT2D eigenvalue weighted by molar-refractivity contribution is 4.93. The predicted molar refractivity (Wildman–Crippen MR) is 126 cm³/mol. The average Bonchev–Trinajstić information content (AvgIpc) is 2.71. The first-order valence-corrected chi connectivity index (χ1v) is 12.2. The summed E-state index contributed by atoms with van der Waals surface area (Å²) in [4.78, 5) is 0. The molecule has 0 bridgehead atoms. The van der Waals surface area contributed by atoms with E-state index in [0.29, 0.717) is 5.92 Å². The van der Waals surface area contributed by atoms with Crippen LogP contribution in [0.4, 0.5) is 0 Å². The van der Waals surface area contributed by atoms with Crippen molar-refractivity contribution in [3.05, 3.63) is 11.8 Å². The molecule has 2 unspecified atom stereocenters. The molecule has 6 heteroatoms. The van der Waals surface area contributed by atoms with E-state index in [4.69, 9.17) is 9.84 Å². The van der Waals surface area contributed by atoms with Gasteiger partial charge in [0.2, 0.25) is 0 Å². The van der Waals surface area contributed by atoms with Crippen LogP contribution in [0.15, 0.2) is 11.8 Å². The van der Waals surface area contributed by atoms with E-state index in [0.717, 1.165) is 30.3 Å². The molecule has 0 saturated carbocycles. The van der Waals surface area contributed by atoms with Crippen LogP contribution in [0.3, 0.4) is 0 Å². The molecule has 0 aromatic heterocycles. The third-order valence-corrected chi connectivity index (χ3v) is 6.02. The van der Waals surface area contributed by atoms with E-state index < -0.39 is 31.0 Å². The summed E-state index contributed by atoms with van der Waals surface area (Å²) in [7, 11) is 0. The molecule has 0 aromatic rings. The fraction of sp³-hybridized carbons (Fsp3) is 0.920. The molecule has 0 radical (unpaired) electrons. The van der Waals surface area contributed by atoms with E-state index in [1.165, 1.54) is 44.9 Å². The number of allylic oxidation sites excluding steroid dienone is 1. The van der Waals surface area contributed by atoms with Crippen LogP contribution in [0.25, 0.3) is 0 Å². The molecule has 6 atom stereocenters. The molecule has 0 aromatic carbocycles. The maximum Gasteiger partial charge on any atom is 0.116 e. The topological polar surface area (TPSA) is 110 Å². The maximum absolute atomic E-state index is 9.83. The normalized spacial score (nSPS) is 18.5. The van der Waals surface area contributed by atoms with Crippen molar-refractivity contribution in [3.63, 3.8) is 0 Å². The lowest BCUT2D eigenvalue weighted by atomic mass is 9.91. The number of hydrogen-bond acceptors (Lipinski definition) is 6. The summed E-state index contributed by atoms with van der Waals surface area (Å²) in [6.07, 6.45) is 6.64. The van der Waals surface area contributed by atoms with E-state index in [2.05, 4.69) is 27.7 Å². The minimum Gasteiger partial charge on any atom is -0.498 e. The molecule has 0 aliphatic heterocycles. The summed E-state index contributed by atoms with van der Waals surface area (Å²) in [6, 6.07) is 0. The number of rotatable bonds is 19. The number of aliphatic hydroxyl groups is 5. The lowest BCUT2D eigenvalue weighted by molar-refractivity contribution is -0.124. The van der Waals surface area contributed by atoms with Crippen molar-refractivity contribution in [1.82, 2.24) is 0 Å². The van der Waals surface area contributed by atoms with Gasteiger partial charge in [0, 0.05) is 0 Å². The molecule has 0 amide bonds. The molecule has 0 aliphatic rings. The SMILES string of the molecule is C/C(=C\OC[C@@H](O)[C@H](O)[C@@H](O)[C@@H](O)CO)CCCC(C)CCCC(C)CCCC(C)C. The number of aliphatic hydroxyl groups excluding tert-OH is 5. The van der Waals surface area contributed by atoms with Gasteiger partial charge in [0.05, 0.1) is 12.9 Å². The Morgan fingerprint density at radius 1 is 0.742 bits per heavy atom. The smallest absolute Gasteiger partial charge is 0.116 e. The predicted octanol–water partition coefficient (Wildman–Crippen LogP) is 3.78. The summed E-state index contributed by atoms with van der Waals surface area (Å²) in [5.74, 6) is 2.36.